The monoisotopic (exact) mass is 209 g/mol. The van der Waals surface area contributed by atoms with Gasteiger partial charge in [-0.3, -0.25) is 4.79 Å². The molecule has 1 amide bonds. The van der Waals surface area contributed by atoms with Crippen LogP contribution in [0.4, 0.5) is 0 Å². The van der Waals surface area contributed by atoms with Gasteiger partial charge in [0.05, 0.1) is 11.7 Å². The first-order valence-corrected chi connectivity index (χ1v) is 5.16. The van der Waals surface area contributed by atoms with Gasteiger partial charge in [-0.25, -0.2) is 0 Å². The maximum absolute atomic E-state index is 11.6. The van der Waals surface area contributed by atoms with Crippen molar-refractivity contribution in [3.8, 4) is 0 Å². The first-order valence-electron chi connectivity index (χ1n) is 5.16. The summed E-state index contributed by atoms with van der Waals surface area (Å²) in [5, 5.41) is 11.9. The summed E-state index contributed by atoms with van der Waals surface area (Å²) < 4.78 is 5.05. The van der Waals surface area contributed by atoms with Gasteiger partial charge in [0.1, 0.15) is 12.0 Å². The molecule has 0 radical (unpaired) electrons. The number of aryl methyl sites for hydroxylation is 1. The summed E-state index contributed by atoms with van der Waals surface area (Å²) in [6, 6.07) is 1.71. The lowest BCUT2D eigenvalue weighted by atomic mass is 9.82. The smallest absolute Gasteiger partial charge is 0.254 e. The van der Waals surface area contributed by atoms with Crippen molar-refractivity contribution in [1.29, 1.82) is 0 Å². The second-order valence-electron chi connectivity index (χ2n) is 4.15. The minimum atomic E-state index is -0.164. The van der Waals surface area contributed by atoms with Crippen molar-refractivity contribution in [2.75, 3.05) is 6.54 Å². The fourth-order valence-corrected chi connectivity index (χ4v) is 1.77. The van der Waals surface area contributed by atoms with Gasteiger partial charge in [0.15, 0.2) is 0 Å². The van der Waals surface area contributed by atoms with Crippen molar-refractivity contribution in [3.05, 3.63) is 23.7 Å². The van der Waals surface area contributed by atoms with Crippen LogP contribution in [0.2, 0.25) is 0 Å². The Morgan fingerprint density at radius 1 is 1.67 bits per heavy atom. The molecular weight excluding hydrogens is 194 g/mol. The van der Waals surface area contributed by atoms with E-state index in [4.69, 9.17) is 9.52 Å². The summed E-state index contributed by atoms with van der Waals surface area (Å²) in [5.41, 5.74) is 0.562. The van der Waals surface area contributed by atoms with Crippen LogP contribution >= 0.6 is 0 Å². The number of furan rings is 1. The first kappa shape index (κ1) is 10.2. The van der Waals surface area contributed by atoms with E-state index < -0.39 is 0 Å². The zero-order valence-corrected chi connectivity index (χ0v) is 8.69. The summed E-state index contributed by atoms with van der Waals surface area (Å²) in [5.74, 6) is 1.06. The first-order chi connectivity index (χ1) is 7.15. The second-order valence-corrected chi connectivity index (χ2v) is 4.15. The van der Waals surface area contributed by atoms with Crippen molar-refractivity contribution in [2.45, 2.75) is 25.9 Å². The molecule has 0 atom stereocenters. The van der Waals surface area contributed by atoms with Crippen molar-refractivity contribution in [2.24, 2.45) is 5.92 Å². The molecule has 0 unspecified atom stereocenters. The number of aliphatic hydroxyl groups excluding tert-OH is 1. The third-order valence-electron chi connectivity index (χ3n) is 2.75. The Labute approximate surface area is 88.3 Å². The zero-order valence-electron chi connectivity index (χ0n) is 8.69. The van der Waals surface area contributed by atoms with Gasteiger partial charge in [-0.05, 0) is 31.7 Å². The van der Waals surface area contributed by atoms with Gasteiger partial charge in [0.2, 0.25) is 0 Å². The largest absolute Gasteiger partial charge is 0.469 e. The molecule has 1 saturated carbocycles. The van der Waals surface area contributed by atoms with Crippen molar-refractivity contribution >= 4 is 5.91 Å². The van der Waals surface area contributed by atoms with E-state index in [1.165, 1.54) is 6.26 Å². The Kier molecular flexibility index (Phi) is 2.77. The maximum atomic E-state index is 11.6. The van der Waals surface area contributed by atoms with Gasteiger partial charge < -0.3 is 14.8 Å². The highest BCUT2D eigenvalue weighted by Crippen LogP contribution is 2.26. The number of amides is 1. The summed E-state index contributed by atoms with van der Waals surface area (Å²) in [7, 11) is 0. The van der Waals surface area contributed by atoms with Gasteiger partial charge in [0, 0.05) is 6.54 Å². The van der Waals surface area contributed by atoms with Crippen LogP contribution in [-0.4, -0.2) is 23.7 Å². The van der Waals surface area contributed by atoms with Gasteiger partial charge >= 0.3 is 0 Å². The molecule has 1 aliphatic rings. The van der Waals surface area contributed by atoms with Crippen LogP contribution in [0.5, 0.6) is 0 Å². The van der Waals surface area contributed by atoms with E-state index in [9.17, 15) is 4.79 Å². The van der Waals surface area contributed by atoms with Crippen molar-refractivity contribution in [3.63, 3.8) is 0 Å². The predicted molar refractivity (Wildman–Crippen MR) is 54.5 cm³/mol. The molecule has 0 bridgehead atoms. The molecular formula is C11H15NO3. The van der Waals surface area contributed by atoms with E-state index in [1.54, 1.807) is 13.0 Å². The molecule has 2 N–H and O–H groups in total. The van der Waals surface area contributed by atoms with E-state index in [1.807, 2.05) is 0 Å². The molecule has 4 heteroatoms. The summed E-state index contributed by atoms with van der Waals surface area (Å²) >= 11 is 0. The normalized spacial score (nSPS) is 24.7. The average molecular weight is 209 g/mol. The number of hydrogen-bond donors (Lipinski definition) is 2. The Morgan fingerprint density at radius 2 is 2.40 bits per heavy atom. The lowest BCUT2D eigenvalue weighted by Crippen LogP contribution is -2.38. The van der Waals surface area contributed by atoms with Crippen molar-refractivity contribution < 1.29 is 14.3 Å². The molecule has 0 aromatic carbocycles. The standard InChI is InChI=1S/C11H15NO3/c1-7-2-9(6-15-7)11(14)12-5-8-3-10(13)4-8/h2,6,8,10,13H,3-5H2,1H3,(H,12,14). The van der Waals surface area contributed by atoms with Crippen LogP contribution < -0.4 is 5.32 Å². The van der Waals surface area contributed by atoms with Crippen LogP contribution in [-0.2, 0) is 0 Å². The van der Waals surface area contributed by atoms with Gasteiger partial charge in [-0.1, -0.05) is 0 Å². The number of hydrogen-bond acceptors (Lipinski definition) is 3. The Bertz CT molecular complexity index is 352. The summed E-state index contributed by atoms with van der Waals surface area (Å²) in [6.07, 6.45) is 2.89. The molecule has 0 spiro atoms. The SMILES string of the molecule is Cc1cc(C(=O)NCC2CC(O)C2)co1. The Morgan fingerprint density at radius 3 is 2.93 bits per heavy atom. The third kappa shape index (κ3) is 2.39. The molecule has 1 heterocycles. The highest BCUT2D eigenvalue weighted by atomic mass is 16.3. The van der Waals surface area contributed by atoms with E-state index >= 15 is 0 Å². The fourth-order valence-electron chi connectivity index (χ4n) is 1.77. The molecule has 1 aromatic rings. The minimum Gasteiger partial charge on any atom is -0.469 e. The van der Waals surface area contributed by atoms with Crippen LogP contribution in [0.25, 0.3) is 0 Å². The van der Waals surface area contributed by atoms with E-state index in [-0.39, 0.29) is 12.0 Å². The van der Waals surface area contributed by atoms with Crippen molar-refractivity contribution in [1.82, 2.24) is 5.32 Å². The predicted octanol–water partition coefficient (Wildman–Crippen LogP) is 1.09. The third-order valence-corrected chi connectivity index (χ3v) is 2.75. The lowest BCUT2D eigenvalue weighted by molar-refractivity contribution is 0.0420. The van der Waals surface area contributed by atoms with Gasteiger partial charge in [-0.2, -0.15) is 0 Å². The number of aliphatic hydroxyl groups is 1. The number of nitrogens with one attached hydrogen (secondary N) is 1. The molecule has 0 aliphatic heterocycles. The summed E-state index contributed by atoms with van der Waals surface area (Å²) in [4.78, 5) is 11.6. The number of carbonyl (C=O) groups is 1. The van der Waals surface area contributed by atoms with Crippen LogP contribution in [0.15, 0.2) is 16.7 Å². The van der Waals surface area contributed by atoms with Crippen LogP contribution in [0.3, 0.4) is 0 Å². The van der Waals surface area contributed by atoms with E-state index in [0.29, 0.717) is 18.0 Å². The molecule has 2 rings (SSSR count). The van der Waals surface area contributed by atoms with Gasteiger partial charge in [-0.15, -0.1) is 0 Å². The lowest BCUT2D eigenvalue weighted by Gasteiger charge is -2.31. The molecule has 1 fully saturated rings. The quantitative estimate of drug-likeness (QED) is 0.783. The van der Waals surface area contributed by atoms with Gasteiger partial charge in [0.25, 0.3) is 5.91 Å². The molecule has 4 nitrogen and oxygen atoms in total. The zero-order chi connectivity index (χ0) is 10.8. The molecule has 82 valence electrons. The average Bonchev–Trinajstić information content (AvgIpc) is 2.57. The van der Waals surface area contributed by atoms with Crippen LogP contribution in [0, 0.1) is 12.8 Å². The Balaban J connectivity index is 1.78. The van der Waals surface area contributed by atoms with E-state index in [0.717, 1.165) is 18.6 Å². The number of carbonyl (C=O) groups excluding carboxylic acids is 1. The number of rotatable bonds is 3. The molecule has 1 aromatic heterocycles. The van der Waals surface area contributed by atoms with E-state index in [2.05, 4.69) is 5.32 Å². The highest BCUT2D eigenvalue weighted by Gasteiger charge is 2.27. The molecule has 0 saturated heterocycles. The summed E-state index contributed by atoms with van der Waals surface area (Å²) in [6.45, 7) is 2.44. The maximum Gasteiger partial charge on any atom is 0.254 e. The van der Waals surface area contributed by atoms with Crippen LogP contribution in [0.1, 0.15) is 29.0 Å². The fraction of sp³-hybridized carbons (Fsp3) is 0.545. The topological polar surface area (TPSA) is 62.5 Å². The highest BCUT2D eigenvalue weighted by molar-refractivity contribution is 5.93. The second kappa shape index (κ2) is 4.06. The Hall–Kier alpha value is -1.29. The minimum absolute atomic E-state index is 0.103. The molecule has 15 heavy (non-hydrogen) atoms. The molecule has 1 aliphatic carbocycles.